The second-order valence-corrected chi connectivity index (χ2v) is 3.75. The summed E-state index contributed by atoms with van der Waals surface area (Å²) in [6.45, 7) is 5.72. The van der Waals surface area contributed by atoms with E-state index >= 15 is 0 Å². The first-order valence-electron chi connectivity index (χ1n) is 4.58. The van der Waals surface area contributed by atoms with E-state index in [2.05, 4.69) is 31.2 Å². The molecule has 0 saturated heterocycles. The van der Waals surface area contributed by atoms with E-state index in [-0.39, 0.29) is 6.10 Å². The van der Waals surface area contributed by atoms with Crippen molar-refractivity contribution in [3.63, 3.8) is 0 Å². The molecule has 0 aromatic carbocycles. The Morgan fingerprint density at radius 3 is 2.33 bits per heavy atom. The highest BCUT2D eigenvalue weighted by Crippen LogP contribution is 1.92. The van der Waals surface area contributed by atoms with Crippen LogP contribution in [0.3, 0.4) is 0 Å². The number of hydrogen-bond acceptors (Lipinski definition) is 3. The van der Waals surface area contributed by atoms with Crippen LogP contribution in [0.25, 0.3) is 0 Å². The zero-order valence-corrected chi connectivity index (χ0v) is 8.67. The molecule has 74 valence electrons. The molecular weight excluding hydrogens is 152 g/mol. The molecule has 0 aliphatic rings. The van der Waals surface area contributed by atoms with E-state index in [1.165, 1.54) is 0 Å². The van der Waals surface area contributed by atoms with E-state index in [0.717, 1.165) is 13.0 Å². The van der Waals surface area contributed by atoms with Crippen molar-refractivity contribution >= 4 is 0 Å². The average Bonchev–Trinajstić information content (AvgIpc) is 1.96. The van der Waals surface area contributed by atoms with E-state index in [0.29, 0.717) is 12.6 Å². The Balaban J connectivity index is 3.27. The Hall–Kier alpha value is -0.120. The molecule has 3 nitrogen and oxygen atoms in total. The molecule has 12 heavy (non-hydrogen) atoms. The van der Waals surface area contributed by atoms with Gasteiger partial charge in [0.1, 0.15) is 0 Å². The summed E-state index contributed by atoms with van der Waals surface area (Å²) in [6.07, 6.45) is 0.881. The van der Waals surface area contributed by atoms with Gasteiger partial charge in [-0.3, -0.25) is 0 Å². The first-order valence-corrected chi connectivity index (χ1v) is 4.58. The minimum atomic E-state index is -0.244. The number of aliphatic hydroxyl groups is 1. The Morgan fingerprint density at radius 2 is 1.92 bits per heavy atom. The third kappa shape index (κ3) is 7.98. The number of aliphatic hydroxyl groups excluding tert-OH is 1. The molecule has 0 spiro atoms. The minimum Gasteiger partial charge on any atom is -0.392 e. The van der Waals surface area contributed by atoms with Crippen molar-refractivity contribution in [2.45, 2.75) is 32.4 Å². The molecule has 0 aliphatic heterocycles. The largest absolute Gasteiger partial charge is 0.392 e. The van der Waals surface area contributed by atoms with E-state index in [4.69, 9.17) is 5.11 Å². The highest BCUT2D eigenvalue weighted by atomic mass is 16.3. The summed E-state index contributed by atoms with van der Waals surface area (Å²) in [5.41, 5.74) is 0. The summed E-state index contributed by atoms with van der Waals surface area (Å²) in [6, 6.07) is 0.488. The van der Waals surface area contributed by atoms with Gasteiger partial charge in [-0.05, 0) is 40.9 Å². The van der Waals surface area contributed by atoms with Crippen LogP contribution in [-0.2, 0) is 0 Å². The molecule has 2 atom stereocenters. The average molecular weight is 174 g/mol. The van der Waals surface area contributed by atoms with Crippen LogP contribution in [-0.4, -0.2) is 49.3 Å². The summed E-state index contributed by atoms with van der Waals surface area (Å²) >= 11 is 0. The smallest absolute Gasteiger partial charge is 0.0636 e. The van der Waals surface area contributed by atoms with Crippen LogP contribution < -0.4 is 5.32 Å². The van der Waals surface area contributed by atoms with E-state index in [1.807, 2.05) is 0 Å². The van der Waals surface area contributed by atoms with Gasteiger partial charge in [-0.1, -0.05) is 0 Å². The van der Waals surface area contributed by atoms with Crippen molar-refractivity contribution < 1.29 is 5.11 Å². The van der Waals surface area contributed by atoms with Gasteiger partial charge in [-0.2, -0.15) is 0 Å². The Labute approximate surface area is 75.8 Å². The normalized spacial score (nSPS) is 16.5. The van der Waals surface area contributed by atoms with Crippen LogP contribution >= 0.6 is 0 Å². The molecule has 3 heteroatoms. The summed E-state index contributed by atoms with van der Waals surface area (Å²) < 4.78 is 0. The quantitative estimate of drug-likeness (QED) is 0.608. The molecule has 0 aromatic rings. The highest BCUT2D eigenvalue weighted by molar-refractivity contribution is 4.63. The Kier molecular flexibility index (Phi) is 6.34. The van der Waals surface area contributed by atoms with Crippen LogP contribution in [0.15, 0.2) is 0 Å². The molecule has 0 bridgehead atoms. The van der Waals surface area contributed by atoms with Crippen LogP contribution in [0, 0.1) is 0 Å². The fourth-order valence-electron chi connectivity index (χ4n) is 0.926. The zero-order chi connectivity index (χ0) is 9.56. The van der Waals surface area contributed by atoms with Gasteiger partial charge in [0.25, 0.3) is 0 Å². The standard InChI is InChI=1S/C9H22N2O/c1-8(5-6-11(3)4)10-7-9(2)12/h8-10,12H,5-7H2,1-4H3/t8?,9-/m0/s1. The van der Waals surface area contributed by atoms with Gasteiger partial charge in [-0.25, -0.2) is 0 Å². The second-order valence-electron chi connectivity index (χ2n) is 3.75. The Bertz CT molecular complexity index is 92.7. The van der Waals surface area contributed by atoms with E-state index in [9.17, 15) is 0 Å². The molecule has 0 radical (unpaired) electrons. The molecule has 0 rings (SSSR count). The first kappa shape index (κ1) is 11.9. The van der Waals surface area contributed by atoms with Gasteiger partial charge in [0.05, 0.1) is 6.10 Å². The molecule has 0 heterocycles. The summed E-state index contributed by atoms with van der Waals surface area (Å²) in [5.74, 6) is 0. The molecule has 1 unspecified atom stereocenters. The number of nitrogens with one attached hydrogen (secondary N) is 1. The van der Waals surface area contributed by atoms with Crippen LogP contribution in [0.2, 0.25) is 0 Å². The van der Waals surface area contributed by atoms with E-state index < -0.39 is 0 Å². The van der Waals surface area contributed by atoms with Gasteiger partial charge >= 0.3 is 0 Å². The zero-order valence-electron chi connectivity index (χ0n) is 8.67. The van der Waals surface area contributed by atoms with Gasteiger partial charge in [0, 0.05) is 12.6 Å². The molecule has 2 N–H and O–H groups in total. The minimum absolute atomic E-state index is 0.244. The predicted molar refractivity (Wildman–Crippen MR) is 52.3 cm³/mol. The maximum atomic E-state index is 9.01. The van der Waals surface area contributed by atoms with Crippen molar-refractivity contribution in [2.75, 3.05) is 27.2 Å². The summed E-state index contributed by atoms with van der Waals surface area (Å²) in [4.78, 5) is 2.17. The number of hydrogen-bond donors (Lipinski definition) is 2. The van der Waals surface area contributed by atoms with Crippen molar-refractivity contribution in [1.29, 1.82) is 0 Å². The van der Waals surface area contributed by atoms with Crippen molar-refractivity contribution in [2.24, 2.45) is 0 Å². The first-order chi connectivity index (χ1) is 5.52. The molecule has 0 aliphatic carbocycles. The highest BCUT2D eigenvalue weighted by Gasteiger charge is 2.02. The molecule has 0 aromatic heterocycles. The fraction of sp³-hybridized carbons (Fsp3) is 1.00. The van der Waals surface area contributed by atoms with Gasteiger partial charge in [-0.15, -0.1) is 0 Å². The molecule has 0 saturated carbocycles. The fourth-order valence-corrected chi connectivity index (χ4v) is 0.926. The monoisotopic (exact) mass is 174 g/mol. The summed E-state index contributed by atoms with van der Waals surface area (Å²) in [7, 11) is 4.14. The number of rotatable bonds is 6. The maximum Gasteiger partial charge on any atom is 0.0636 e. The number of nitrogens with zero attached hydrogens (tertiary/aromatic N) is 1. The van der Waals surface area contributed by atoms with Crippen molar-refractivity contribution in [3.05, 3.63) is 0 Å². The van der Waals surface area contributed by atoms with Crippen molar-refractivity contribution in [3.8, 4) is 0 Å². The second kappa shape index (κ2) is 6.40. The lowest BCUT2D eigenvalue weighted by Gasteiger charge is -2.17. The lowest BCUT2D eigenvalue weighted by molar-refractivity contribution is 0.185. The lowest BCUT2D eigenvalue weighted by atomic mass is 10.2. The van der Waals surface area contributed by atoms with Crippen molar-refractivity contribution in [1.82, 2.24) is 10.2 Å². The molecule has 0 amide bonds. The molecular formula is C9H22N2O. The lowest BCUT2D eigenvalue weighted by Crippen LogP contribution is -2.34. The predicted octanol–water partition coefficient (Wildman–Crippen LogP) is 0.297. The third-order valence-corrected chi connectivity index (χ3v) is 1.77. The molecule has 0 fully saturated rings. The van der Waals surface area contributed by atoms with Crippen LogP contribution in [0.4, 0.5) is 0 Å². The third-order valence-electron chi connectivity index (χ3n) is 1.77. The Morgan fingerprint density at radius 1 is 1.33 bits per heavy atom. The van der Waals surface area contributed by atoms with Gasteiger partial charge in [0.2, 0.25) is 0 Å². The summed E-state index contributed by atoms with van der Waals surface area (Å²) in [5, 5.41) is 12.3. The SMILES string of the molecule is CC(CCN(C)C)NC[C@H](C)O. The van der Waals surface area contributed by atoms with Crippen LogP contribution in [0.1, 0.15) is 20.3 Å². The maximum absolute atomic E-state index is 9.01. The van der Waals surface area contributed by atoms with Gasteiger partial charge in [0.15, 0.2) is 0 Å². The van der Waals surface area contributed by atoms with Gasteiger partial charge < -0.3 is 15.3 Å². The van der Waals surface area contributed by atoms with E-state index in [1.54, 1.807) is 6.92 Å². The topological polar surface area (TPSA) is 35.5 Å². The van der Waals surface area contributed by atoms with Crippen LogP contribution in [0.5, 0.6) is 0 Å².